The van der Waals surface area contributed by atoms with Crippen LogP contribution < -0.4 is 19.5 Å². The third-order valence-electron chi connectivity index (χ3n) is 3.24. The SMILES string of the molecule is COc1cc(OC)c(OC)c(C2CCCN2)c1Cl. The fraction of sp³-hybridized carbons (Fsp3) is 0.538. The van der Waals surface area contributed by atoms with Gasteiger partial charge in [0.25, 0.3) is 0 Å². The highest BCUT2D eigenvalue weighted by molar-refractivity contribution is 6.33. The first-order valence-corrected chi connectivity index (χ1v) is 6.32. The van der Waals surface area contributed by atoms with Crippen LogP contribution in [0.25, 0.3) is 0 Å². The van der Waals surface area contributed by atoms with Crippen LogP contribution in [-0.4, -0.2) is 27.9 Å². The number of hydrogen-bond donors (Lipinski definition) is 1. The average Bonchev–Trinajstić information content (AvgIpc) is 2.91. The topological polar surface area (TPSA) is 39.7 Å². The molecule has 1 aliphatic heterocycles. The molecule has 1 unspecified atom stereocenters. The van der Waals surface area contributed by atoms with Gasteiger partial charge in [-0.05, 0) is 19.4 Å². The molecule has 4 nitrogen and oxygen atoms in total. The van der Waals surface area contributed by atoms with E-state index >= 15 is 0 Å². The van der Waals surface area contributed by atoms with Gasteiger partial charge in [0.05, 0.1) is 26.4 Å². The van der Waals surface area contributed by atoms with Crippen molar-refractivity contribution in [3.8, 4) is 17.2 Å². The number of rotatable bonds is 4. The van der Waals surface area contributed by atoms with Crippen molar-refractivity contribution in [2.45, 2.75) is 18.9 Å². The highest BCUT2D eigenvalue weighted by atomic mass is 35.5. The molecule has 1 aromatic rings. The first-order chi connectivity index (χ1) is 8.72. The van der Waals surface area contributed by atoms with Gasteiger partial charge in [0, 0.05) is 17.7 Å². The molecular formula is C13H18ClNO3. The molecule has 1 heterocycles. The molecule has 0 aromatic heterocycles. The molecule has 0 spiro atoms. The molecule has 1 N–H and O–H groups in total. The monoisotopic (exact) mass is 271 g/mol. The number of benzene rings is 1. The van der Waals surface area contributed by atoms with Crippen LogP contribution in [0.1, 0.15) is 24.4 Å². The van der Waals surface area contributed by atoms with Gasteiger partial charge < -0.3 is 19.5 Å². The molecule has 1 atom stereocenters. The van der Waals surface area contributed by atoms with Crippen molar-refractivity contribution in [2.75, 3.05) is 27.9 Å². The molecule has 5 heteroatoms. The van der Waals surface area contributed by atoms with E-state index in [1.165, 1.54) is 0 Å². The van der Waals surface area contributed by atoms with E-state index in [1.54, 1.807) is 27.4 Å². The van der Waals surface area contributed by atoms with Crippen LogP contribution in [0.5, 0.6) is 17.2 Å². The zero-order valence-electron chi connectivity index (χ0n) is 10.9. The summed E-state index contributed by atoms with van der Waals surface area (Å²) in [6, 6.07) is 1.94. The van der Waals surface area contributed by atoms with E-state index < -0.39 is 0 Å². The highest BCUT2D eigenvalue weighted by Crippen LogP contribution is 2.46. The van der Waals surface area contributed by atoms with Crippen molar-refractivity contribution in [3.63, 3.8) is 0 Å². The smallest absolute Gasteiger partial charge is 0.167 e. The second-order valence-corrected chi connectivity index (χ2v) is 4.57. The molecule has 18 heavy (non-hydrogen) atoms. The zero-order chi connectivity index (χ0) is 13.1. The largest absolute Gasteiger partial charge is 0.495 e. The number of methoxy groups -OCH3 is 3. The lowest BCUT2D eigenvalue weighted by Gasteiger charge is -2.21. The van der Waals surface area contributed by atoms with Crippen LogP contribution >= 0.6 is 11.6 Å². The Labute approximate surface area is 112 Å². The van der Waals surface area contributed by atoms with Crippen LogP contribution in [0, 0.1) is 0 Å². The number of nitrogens with one attached hydrogen (secondary N) is 1. The summed E-state index contributed by atoms with van der Waals surface area (Å²) in [6.07, 6.45) is 2.16. The molecule has 1 saturated heterocycles. The van der Waals surface area contributed by atoms with Gasteiger partial charge in [-0.15, -0.1) is 0 Å². The van der Waals surface area contributed by atoms with E-state index in [4.69, 9.17) is 25.8 Å². The van der Waals surface area contributed by atoms with Crippen molar-refractivity contribution >= 4 is 11.6 Å². The Hall–Kier alpha value is -1.13. The summed E-state index contributed by atoms with van der Waals surface area (Å²) in [7, 11) is 4.83. The molecule has 2 rings (SSSR count). The van der Waals surface area contributed by atoms with Gasteiger partial charge in [0.2, 0.25) is 0 Å². The van der Waals surface area contributed by atoms with Gasteiger partial charge in [-0.25, -0.2) is 0 Å². The third-order valence-corrected chi connectivity index (χ3v) is 3.63. The molecule has 0 aliphatic carbocycles. The molecule has 0 amide bonds. The summed E-state index contributed by atoms with van der Waals surface area (Å²) in [5.74, 6) is 1.93. The van der Waals surface area contributed by atoms with E-state index in [9.17, 15) is 0 Å². The molecular weight excluding hydrogens is 254 g/mol. The van der Waals surface area contributed by atoms with Gasteiger partial charge in [-0.3, -0.25) is 0 Å². The summed E-state index contributed by atoms with van der Waals surface area (Å²) in [6.45, 7) is 0.990. The second kappa shape index (κ2) is 5.67. The van der Waals surface area contributed by atoms with E-state index in [0.29, 0.717) is 22.3 Å². The van der Waals surface area contributed by atoms with Crippen LogP contribution in [0.3, 0.4) is 0 Å². The Morgan fingerprint density at radius 1 is 1.17 bits per heavy atom. The Bertz CT molecular complexity index is 431. The normalized spacial score (nSPS) is 18.8. The van der Waals surface area contributed by atoms with Crippen LogP contribution in [0.2, 0.25) is 5.02 Å². The first kappa shape index (κ1) is 13.3. The number of halogens is 1. The Balaban J connectivity index is 2.57. The third kappa shape index (κ3) is 2.22. The number of hydrogen-bond acceptors (Lipinski definition) is 4. The van der Waals surface area contributed by atoms with E-state index in [2.05, 4.69) is 5.32 Å². The molecule has 0 saturated carbocycles. The Morgan fingerprint density at radius 3 is 2.39 bits per heavy atom. The van der Waals surface area contributed by atoms with Crippen LogP contribution in [0.15, 0.2) is 6.07 Å². The molecule has 1 aromatic carbocycles. The summed E-state index contributed by atoms with van der Waals surface area (Å²) < 4.78 is 16.1. The predicted octanol–water partition coefficient (Wildman–Crippen LogP) is 2.79. The first-order valence-electron chi connectivity index (χ1n) is 5.94. The van der Waals surface area contributed by atoms with Gasteiger partial charge in [0.15, 0.2) is 11.5 Å². The summed E-state index contributed by atoms with van der Waals surface area (Å²) in [4.78, 5) is 0. The van der Waals surface area contributed by atoms with Crippen molar-refractivity contribution in [2.24, 2.45) is 0 Å². The van der Waals surface area contributed by atoms with E-state index in [1.807, 2.05) is 0 Å². The van der Waals surface area contributed by atoms with Crippen molar-refractivity contribution in [1.82, 2.24) is 5.32 Å². The van der Waals surface area contributed by atoms with Gasteiger partial charge in [-0.1, -0.05) is 11.6 Å². The summed E-state index contributed by atoms with van der Waals surface area (Å²) in [5, 5.41) is 4.01. The predicted molar refractivity (Wildman–Crippen MR) is 71.1 cm³/mol. The molecule has 1 aliphatic rings. The quantitative estimate of drug-likeness (QED) is 0.914. The zero-order valence-corrected chi connectivity index (χ0v) is 11.6. The fourth-order valence-corrected chi connectivity index (χ4v) is 2.72. The highest BCUT2D eigenvalue weighted by Gasteiger charge is 2.27. The Kier molecular flexibility index (Phi) is 4.19. The standard InChI is InChI=1S/C13H18ClNO3/c1-16-9-7-10(17-2)13(18-3)11(12(9)14)8-5-4-6-15-8/h7-8,15H,4-6H2,1-3H3. The maximum Gasteiger partial charge on any atom is 0.167 e. The summed E-state index contributed by atoms with van der Waals surface area (Å²) >= 11 is 6.40. The Morgan fingerprint density at radius 2 is 1.89 bits per heavy atom. The lowest BCUT2D eigenvalue weighted by atomic mass is 10.0. The van der Waals surface area contributed by atoms with E-state index in [0.717, 1.165) is 24.9 Å². The molecule has 0 bridgehead atoms. The van der Waals surface area contributed by atoms with Gasteiger partial charge >= 0.3 is 0 Å². The van der Waals surface area contributed by atoms with Crippen LogP contribution in [0.4, 0.5) is 0 Å². The lowest BCUT2D eigenvalue weighted by Crippen LogP contribution is -2.15. The minimum Gasteiger partial charge on any atom is -0.495 e. The second-order valence-electron chi connectivity index (χ2n) is 4.19. The minimum atomic E-state index is 0.191. The van der Waals surface area contributed by atoms with Crippen LogP contribution in [-0.2, 0) is 0 Å². The number of ether oxygens (including phenoxy) is 3. The fourth-order valence-electron chi connectivity index (χ4n) is 2.37. The molecule has 1 fully saturated rings. The maximum atomic E-state index is 6.40. The maximum absolute atomic E-state index is 6.40. The van der Waals surface area contributed by atoms with Crippen molar-refractivity contribution in [1.29, 1.82) is 0 Å². The van der Waals surface area contributed by atoms with Crippen molar-refractivity contribution < 1.29 is 14.2 Å². The minimum absolute atomic E-state index is 0.191. The van der Waals surface area contributed by atoms with Gasteiger partial charge in [0.1, 0.15) is 5.75 Å². The lowest BCUT2D eigenvalue weighted by molar-refractivity contribution is 0.342. The molecule has 0 radical (unpaired) electrons. The average molecular weight is 272 g/mol. The van der Waals surface area contributed by atoms with Crippen molar-refractivity contribution in [3.05, 3.63) is 16.7 Å². The summed E-state index contributed by atoms with van der Waals surface area (Å²) in [5.41, 5.74) is 0.924. The van der Waals surface area contributed by atoms with E-state index in [-0.39, 0.29) is 6.04 Å². The molecule has 100 valence electrons. The van der Waals surface area contributed by atoms with Gasteiger partial charge in [-0.2, -0.15) is 0 Å².